The zero-order chi connectivity index (χ0) is 17.5. The minimum atomic E-state index is -0.0217. The molecule has 0 saturated heterocycles. The van der Waals surface area contributed by atoms with E-state index in [9.17, 15) is 4.79 Å². The zero-order valence-electron chi connectivity index (χ0n) is 14.0. The molecule has 1 N–H and O–H groups in total. The summed E-state index contributed by atoms with van der Waals surface area (Å²) in [6, 6.07) is 15.4. The molecule has 1 amide bonds. The predicted molar refractivity (Wildman–Crippen MR) is 101 cm³/mol. The van der Waals surface area contributed by atoms with Gasteiger partial charge in [-0.2, -0.15) is 0 Å². The van der Waals surface area contributed by atoms with Crippen molar-refractivity contribution in [3.63, 3.8) is 0 Å². The lowest BCUT2D eigenvalue weighted by Gasteiger charge is -2.13. The van der Waals surface area contributed by atoms with Crippen LogP contribution in [0, 0.1) is 0 Å². The Morgan fingerprint density at radius 2 is 1.76 bits per heavy atom. The summed E-state index contributed by atoms with van der Waals surface area (Å²) in [6.07, 6.45) is 4.56. The van der Waals surface area contributed by atoms with Gasteiger partial charge in [0.1, 0.15) is 24.7 Å². The molecule has 0 spiro atoms. The standard InChI is InChI=1S/C20H22BrNO3/c21-18-14-15(20(23)22-16-6-4-5-7-16)10-11-19(18)25-13-12-24-17-8-2-1-3-9-17/h1-3,8-11,14,16H,4-7,12-13H2,(H,22,23). The SMILES string of the molecule is O=C(NC1CCCC1)c1ccc(OCCOc2ccccc2)c(Br)c1. The third-order valence-corrected chi connectivity index (χ3v) is 4.86. The Hall–Kier alpha value is -2.01. The second-order valence-corrected chi connectivity index (χ2v) is 6.96. The largest absolute Gasteiger partial charge is 0.490 e. The Kier molecular flexibility index (Phi) is 6.34. The molecule has 2 aromatic carbocycles. The summed E-state index contributed by atoms with van der Waals surface area (Å²) in [5.74, 6) is 1.50. The number of hydrogen-bond donors (Lipinski definition) is 1. The van der Waals surface area contributed by atoms with E-state index < -0.39 is 0 Å². The number of rotatable bonds is 7. The van der Waals surface area contributed by atoms with Gasteiger partial charge in [-0.15, -0.1) is 0 Å². The number of hydrogen-bond acceptors (Lipinski definition) is 3. The summed E-state index contributed by atoms with van der Waals surface area (Å²) in [5.41, 5.74) is 0.645. The van der Waals surface area contributed by atoms with Gasteiger partial charge in [-0.1, -0.05) is 31.0 Å². The van der Waals surface area contributed by atoms with Crippen molar-refractivity contribution in [2.75, 3.05) is 13.2 Å². The van der Waals surface area contributed by atoms with Crippen molar-refractivity contribution in [1.82, 2.24) is 5.32 Å². The molecule has 132 valence electrons. The monoisotopic (exact) mass is 403 g/mol. The fourth-order valence-electron chi connectivity index (χ4n) is 2.93. The number of benzene rings is 2. The van der Waals surface area contributed by atoms with Gasteiger partial charge >= 0.3 is 0 Å². The van der Waals surface area contributed by atoms with Crippen LogP contribution in [0.5, 0.6) is 11.5 Å². The Morgan fingerprint density at radius 3 is 2.48 bits per heavy atom. The van der Waals surface area contributed by atoms with Crippen molar-refractivity contribution in [2.24, 2.45) is 0 Å². The first kappa shape index (κ1) is 17.8. The van der Waals surface area contributed by atoms with Crippen LogP contribution in [0.25, 0.3) is 0 Å². The summed E-state index contributed by atoms with van der Waals surface area (Å²) >= 11 is 3.48. The van der Waals surface area contributed by atoms with Crippen LogP contribution in [-0.2, 0) is 0 Å². The van der Waals surface area contributed by atoms with E-state index in [0.29, 0.717) is 30.6 Å². The second kappa shape index (κ2) is 8.90. The van der Waals surface area contributed by atoms with Crippen LogP contribution < -0.4 is 14.8 Å². The van der Waals surface area contributed by atoms with Crippen molar-refractivity contribution < 1.29 is 14.3 Å². The van der Waals surface area contributed by atoms with Crippen molar-refractivity contribution in [3.8, 4) is 11.5 Å². The molecule has 25 heavy (non-hydrogen) atoms. The highest BCUT2D eigenvalue weighted by molar-refractivity contribution is 9.10. The average molecular weight is 404 g/mol. The molecule has 0 bridgehead atoms. The molecule has 0 unspecified atom stereocenters. The van der Waals surface area contributed by atoms with Crippen LogP contribution in [0.3, 0.4) is 0 Å². The van der Waals surface area contributed by atoms with Crippen LogP contribution in [0.15, 0.2) is 53.0 Å². The van der Waals surface area contributed by atoms with Gasteiger partial charge in [0.05, 0.1) is 4.47 Å². The third kappa shape index (κ3) is 5.23. The maximum Gasteiger partial charge on any atom is 0.251 e. The van der Waals surface area contributed by atoms with Crippen LogP contribution in [0.2, 0.25) is 0 Å². The topological polar surface area (TPSA) is 47.6 Å². The maximum atomic E-state index is 12.3. The number of ether oxygens (including phenoxy) is 2. The number of nitrogens with one attached hydrogen (secondary N) is 1. The van der Waals surface area contributed by atoms with E-state index in [4.69, 9.17) is 9.47 Å². The van der Waals surface area contributed by atoms with Gasteiger partial charge in [0.25, 0.3) is 5.91 Å². The number of halogens is 1. The minimum absolute atomic E-state index is 0.0217. The summed E-state index contributed by atoms with van der Waals surface area (Å²) in [4.78, 5) is 12.3. The highest BCUT2D eigenvalue weighted by atomic mass is 79.9. The van der Waals surface area contributed by atoms with Crippen molar-refractivity contribution in [3.05, 3.63) is 58.6 Å². The zero-order valence-corrected chi connectivity index (χ0v) is 15.6. The molecule has 5 heteroatoms. The Balaban J connectivity index is 1.48. The summed E-state index contributed by atoms with van der Waals surface area (Å²) in [7, 11) is 0. The third-order valence-electron chi connectivity index (χ3n) is 4.24. The molecule has 4 nitrogen and oxygen atoms in total. The molecule has 2 aromatic rings. The van der Waals surface area contributed by atoms with Crippen molar-refractivity contribution in [2.45, 2.75) is 31.7 Å². The molecule has 0 aliphatic heterocycles. The van der Waals surface area contributed by atoms with Gasteiger partial charge < -0.3 is 14.8 Å². The lowest BCUT2D eigenvalue weighted by Crippen LogP contribution is -2.32. The van der Waals surface area contributed by atoms with Gasteiger partial charge in [-0.3, -0.25) is 4.79 Å². The van der Waals surface area contributed by atoms with Crippen LogP contribution in [-0.4, -0.2) is 25.2 Å². The molecule has 1 aliphatic rings. The van der Waals surface area contributed by atoms with Gasteiger partial charge in [-0.25, -0.2) is 0 Å². The van der Waals surface area contributed by atoms with Gasteiger partial charge in [0.15, 0.2) is 0 Å². The molecule has 1 saturated carbocycles. The fraction of sp³-hybridized carbons (Fsp3) is 0.350. The van der Waals surface area contributed by atoms with E-state index in [2.05, 4.69) is 21.2 Å². The van der Waals surface area contributed by atoms with Gasteiger partial charge in [-0.05, 0) is 59.1 Å². The quantitative estimate of drug-likeness (QED) is 0.688. The Morgan fingerprint density at radius 1 is 1.04 bits per heavy atom. The first-order valence-electron chi connectivity index (χ1n) is 8.63. The second-order valence-electron chi connectivity index (χ2n) is 6.11. The summed E-state index contributed by atoms with van der Waals surface area (Å²) in [6.45, 7) is 0.890. The summed E-state index contributed by atoms with van der Waals surface area (Å²) < 4.78 is 12.1. The van der Waals surface area contributed by atoms with E-state index in [-0.39, 0.29) is 5.91 Å². The molecule has 0 heterocycles. The highest BCUT2D eigenvalue weighted by Gasteiger charge is 2.18. The van der Waals surface area contributed by atoms with E-state index >= 15 is 0 Å². The Bertz CT molecular complexity index is 699. The van der Waals surface area contributed by atoms with Crippen molar-refractivity contribution in [1.29, 1.82) is 0 Å². The van der Waals surface area contributed by atoms with Gasteiger partial charge in [0.2, 0.25) is 0 Å². The molecule has 0 aromatic heterocycles. The Labute approximate surface area is 156 Å². The maximum absolute atomic E-state index is 12.3. The minimum Gasteiger partial charge on any atom is -0.490 e. The summed E-state index contributed by atoms with van der Waals surface area (Å²) in [5, 5.41) is 3.09. The number of amides is 1. The lowest BCUT2D eigenvalue weighted by atomic mass is 10.1. The molecule has 3 rings (SSSR count). The fourth-order valence-corrected chi connectivity index (χ4v) is 3.42. The molecular formula is C20H22BrNO3. The van der Waals surface area contributed by atoms with E-state index in [1.54, 1.807) is 12.1 Å². The van der Waals surface area contributed by atoms with E-state index in [1.807, 2.05) is 36.4 Å². The molecule has 1 aliphatic carbocycles. The van der Waals surface area contributed by atoms with E-state index in [0.717, 1.165) is 23.1 Å². The molecule has 1 fully saturated rings. The van der Waals surface area contributed by atoms with E-state index in [1.165, 1.54) is 12.8 Å². The van der Waals surface area contributed by atoms with Crippen LogP contribution >= 0.6 is 15.9 Å². The predicted octanol–water partition coefficient (Wildman–Crippen LogP) is 4.58. The van der Waals surface area contributed by atoms with Crippen LogP contribution in [0.1, 0.15) is 36.0 Å². The van der Waals surface area contributed by atoms with Gasteiger partial charge in [0, 0.05) is 11.6 Å². The highest BCUT2D eigenvalue weighted by Crippen LogP contribution is 2.26. The van der Waals surface area contributed by atoms with Crippen molar-refractivity contribution >= 4 is 21.8 Å². The molecular weight excluding hydrogens is 382 g/mol. The first-order valence-corrected chi connectivity index (χ1v) is 9.43. The lowest BCUT2D eigenvalue weighted by molar-refractivity contribution is 0.0937. The molecule has 0 atom stereocenters. The first-order chi connectivity index (χ1) is 12.2. The smallest absolute Gasteiger partial charge is 0.251 e. The van der Waals surface area contributed by atoms with Crippen LogP contribution in [0.4, 0.5) is 0 Å². The average Bonchev–Trinajstić information content (AvgIpc) is 3.13. The number of carbonyl (C=O) groups excluding carboxylic acids is 1. The number of carbonyl (C=O) groups is 1. The normalized spacial score (nSPS) is 14.3. The molecule has 0 radical (unpaired) electrons. The number of para-hydroxylation sites is 1.